The van der Waals surface area contributed by atoms with Crippen molar-refractivity contribution in [1.82, 2.24) is 4.90 Å². The average Bonchev–Trinajstić information content (AvgIpc) is 2.05. The minimum atomic E-state index is 0.726. The van der Waals surface area contributed by atoms with Gasteiger partial charge in [-0.25, -0.2) is 0 Å². The summed E-state index contributed by atoms with van der Waals surface area (Å²) in [4.78, 5) is 2.00. The van der Waals surface area contributed by atoms with E-state index in [1.54, 1.807) is 12.3 Å². The van der Waals surface area contributed by atoms with Gasteiger partial charge in [0.1, 0.15) is 6.61 Å². The molecule has 0 saturated carbocycles. The van der Waals surface area contributed by atoms with Crippen LogP contribution in [0.25, 0.3) is 0 Å². The van der Waals surface area contributed by atoms with Crippen LogP contribution < -0.4 is 0 Å². The van der Waals surface area contributed by atoms with Crippen molar-refractivity contribution in [1.29, 1.82) is 0 Å². The molecule has 2 nitrogen and oxygen atoms in total. The number of allylic oxidation sites excluding steroid dienone is 1. The first-order valence-electron chi connectivity index (χ1n) is 3.21. The maximum Gasteiger partial charge on any atom is 0.105 e. The Bertz CT molecular complexity index is 172. The SMILES string of the molecule is C=CC(=C)N1C=COCC1. The van der Waals surface area contributed by atoms with Crippen LogP contribution in [0.15, 0.2) is 37.4 Å². The third-order valence-electron chi connectivity index (χ3n) is 1.39. The average molecular weight is 137 g/mol. The van der Waals surface area contributed by atoms with Crippen molar-refractivity contribution in [3.63, 3.8) is 0 Å². The van der Waals surface area contributed by atoms with Crippen LogP contribution in [-0.2, 0) is 4.74 Å². The summed E-state index contributed by atoms with van der Waals surface area (Å²) in [5.41, 5.74) is 0.916. The molecule has 0 amide bonds. The van der Waals surface area contributed by atoms with E-state index in [2.05, 4.69) is 13.2 Å². The Labute approximate surface area is 61.1 Å². The Hall–Kier alpha value is -1.18. The fraction of sp³-hybridized carbons (Fsp3) is 0.250. The molecular weight excluding hydrogens is 126 g/mol. The minimum absolute atomic E-state index is 0.726. The minimum Gasteiger partial charge on any atom is -0.498 e. The molecule has 1 aliphatic rings. The summed E-state index contributed by atoms with van der Waals surface area (Å²) in [6.07, 6.45) is 5.25. The summed E-state index contributed by atoms with van der Waals surface area (Å²) in [5, 5.41) is 0. The van der Waals surface area contributed by atoms with Gasteiger partial charge < -0.3 is 9.64 Å². The molecular formula is C8H11NO. The maximum absolute atomic E-state index is 5.00. The molecule has 2 heteroatoms. The van der Waals surface area contributed by atoms with Gasteiger partial charge in [0.05, 0.1) is 12.8 Å². The molecule has 0 aromatic carbocycles. The second kappa shape index (κ2) is 3.11. The number of hydrogen-bond acceptors (Lipinski definition) is 2. The van der Waals surface area contributed by atoms with Crippen LogP contribution in [0.4, 0.5) is 0 Å². The standard InChI is InChI=1S/C8H11NO/c1-3-8(2)9-4-6-10-7-5-9/h3-4,6H,1-2,5,7H2. The molecule has 0 fully saturated rings. The summed E-state index contributed by atoms with van der Waals surface area (Å²) >= 11 is 0. The zero-order chi connectivity index (χ0) is 7.40. The van der Waals surface area contributed by atoms with Gasteiger partial charge in [-0.3, -0.25) is 0 Å². The van der Waals surface area contributed by atoms with Gasteiger partial charge in [0.2, 0.25) is 0 Å². The van der Waals surface area contributed by atoms with Gasteiger partial charge >= 0.3 is 0 Å². The highest BCUT2D eigenvalue weighted by Crippen LogP contribution is 2.06. The van der Waals surface area contributed by atoms with Crippen LogP contribution in [0, 0.1) is 0 Å². The molecule has 54 valence electrons. The molecule has 0 bridgehead atoms. The summed E-state index contributed by atoms with van der Waals surface area (Å²) in [6, 6.07) is 0. The quantitative estimate of drug-likeness (QED) is 0.535. The number of ether oxygens (including phenoxy) is 1. The van der Waals surface area contributed by atoms with E-state index < -0.39 is 0 Å². The molecule has 0 atom stereocenters. The fourth-order valence-corrected chi connectivity index (χ4v) is 0.767. The Kier molecular flexibility index (Phi) is 2.15. The lowest BCUT2D eigenvalue weighted by molar-refractivity contribution is 0.193. The fourth-order valence-electron chi connectivity index (χ4n) is 0.767. The lowest BCUT2D eigenvalue weighted by atomic mass is 10.4. The Morgan fingerprint density at radius 1 is 1.70 bits per heavy atom. The largest absolute Gasteiger partial charge is 0.498 e. The first-order chi connectivity index (χ1) is 4.84. The van der Waals surface area contributed by atoms with Crippen LogP contribution in [-0.4, -0.2) is 18.1 Å². The van der Waals surface area contributed by atoms with Gasteiger partial charge in [0.15, 0.2) is 0 Å². The normalized spacial score (nSPS) is 16.2. The van der Waals surface area contributed by atoms with Crippen molar-refractivity contribution in [2.24, 2.45) is 0 Å². The first-order valence-corrected chi connectivity index (χ1v) is 3.21. The highest BCUT2D eigenvalue weighted by Gasteiger charge is 2.03. The van der Waals surface area contributed by atoms with Crippen molar-refractivity contribution in [3.05, 3.63) is 37.4 Å². The van der Waals surface area contributed by atoms with E-state index in [-0.39, 0.29) is 0 Å². The van der Waals surface area contributed by atoms with Crippen molar-refractivity contribution >= 4 is 0 Å². The van der Waals surface area contributed by atoms with Gasteiger partial charge in [0.25, 0.3) is 0 Å². The van der Waals surface area contributed by atoms with Gasteiger partial charge in [-0.05, 0) is 6.08 Å². The molecule has 0 unspecified atom stereocenters. The van der Waals surface area contributed by atoms with Gasteiger partial charge in [-0.2, -0.15) is 0 Å². The van der Waals surface area contributed by atoms with Crippen molar-refractivity contribution in [2.45, 2.75) is 0 Å². The van der Waals surface area contributed by atoms with Gasteiger partial charge in [0, 0.05) is 11.9 Å². The van der Waals surface area contributed by atoms with Crippen LogP contribution in [0.5, 0.6) is 0 Å². The predicted molar refractivity (Wildman–Crippen MR) is 41.1 cm³/mol. The van der Waals surface area contributed by atoms with E-state index in [9.17, 15) is 0 Å². The van der Waals surface area contributed by atoms with E-state index >= 15 is 0 Å². The number of hydrogen-bond donors (Lipinski definition) is 0. The molecule has 0 aliphatic carbocycles. The smallest absolute Gasteiger partial charge is 0.105 e. The first kappa shape index (κ1) is 6.93. The molecule has 0 aromatic heterocycles. The zero-order valence-corrected chi connectivity index (χ0v) is 5.92. The molecule has 1 rings (SSSR count). The Morgan fingerprint density at radius 3 is 3.00 bits per heavy atom. The zero-order valence-electron chi connectivity index (χ0n) is 5.92. The molecule has 0 spiro atoms. The third-order valence-corrected chi connectivity index (χ3v) is 1.39. The van der Waals surface area contributed by atoms with E-state index in [4.69, 9.17) is 4.74 Å². The van der Waals surface area contributed by atoms with Crippen LogP contribution in [0.3, 0.4) is 0 Å². The molecule has 10 heavy (non-hydrogen) atoms. The number of nitrogens with zero attached hydrogens (tertiary/aromatic N) is 1. The van der Waals surface area contributed by atoms with E-state index in [1.165, 1.54) is 0 Å². The highest BCUT2D eigenvalue weighted by atomic mass is 16.5. The van der Waals surface area contributed by atoms with Crippen LogP contribution in [0.2, 0.25) is 0 Å². The monoisotopic (exact) mass is 137 g/mol. The van der Waals surface area contributed by atoms with Gasteiger partial charge in [-0.15, -0.1) is 0 Å². The van der Waals surface area contributed by atoms with Gasteiger partial charge in [-0.1, -0.05) is 13.2 Å². The molecule has 0 aromatic rings. The lowest BCUT2D eigenvalue weighted by Crippen LogP contribution is -2.22. The highest BCUT2D eigenvalue weighted by molar-refractivity contribution is 5.13. The molecule has 0 N–H and O–H groups in total. The maximum atomic E-state index is 5.00. The lowest BCUT2D eigenvalue weighted by Gasteiger charge is -2.23. The number of rotatable bonds is 2. The summed E-state index contributed by atoms with van der Waals surface area (Å²) in [6.45, 7) is 9.01. The Morgan fingerprint density at radius 2 is 2.50 bits per heavy atom. The van der Waals surface area contributed by atoms with Crippen LogP contribution >= 0.6 is 0 Å². The molecule has 0 radical (unpaired) electrons. The molecule has 1 aliphatic heterocycles. The summed E-state index contributed by atoms with van der Waals surface area (Å²) < 4.78 is 5.00. The Balaban J connectivity index is 2.54. The predicted octanol–water partition coefficient (Wildman–Crippen LogP) is 1.49. The van der Waals surface area contributed by atoms with Crippen molar-refractivity contribution < 1.29 is 4.74 Å². The van der Waals surface area contributed by atoms with Crippen molar-refractivity contribution in [3.8, 4) is 0 Å². The van der Waals surface area contributed by atoms with E-state index in [1.807, 2.05) is 11.1 Å². The van der Waals surface area contributed by atoms with E-state index in [0.29, 0.717) is 0 Å². The van der Waals surface area contributed by atoms with Crippen LogP contribution in [0.1, 0.15) is 0 Å². The third kappa shape index (κ3) is 1.41. The second-order valence-corrected chi connectivity index (χ2v) is 2.04. The second-order valence-electron chi connectivity index (χ2n) is 2.04. The summed E-state index contributed by atoms with van der Waals surface area (Å²) in [5.74, 6) is 0. The molecule has 0 saturated heterocycles. The van der Waals surface area contributed by atoms with E-state index in [0.717, 1.165) is 18.8 Å². The molecule has 1 heterocycles. The van der Waals surface area contributed by atoms with Crippen molar-refractivity contribution in [2.75, 3.05) is 13.2 Å². The topological polar surface area (TPSA) is 12.5 Å². The summed E-state index contributed by atoms with van der Waals surface area (Å²) in [7, 11) is 0.